The number of nitrogens with zero attached hydrogens (tertiary/aromatic N) is 1. The van der Waals surface area contributed by atoms with Gasteiger partial charge in [-0.25, -0.2) is 4.39 Å². The molecule has 0 aliphatic rings. The summed E-state index contributed by atoms with van der Waals surface area (Å²) in [6.07, 6.45) is -4.57. The van der Waals surface area contributed by atoms with E-state index in [-0.39, 0.29) is 25.3 Å². The van der Waals surface area contributed by atoms with Crippen molar-refractivity contribution < 1.29 is 22.7 Å². The number of likely N-dealkylation sites (N-methyl/N-ethyl adjacent to an activating group) is 1. The maximum absolute atomic E-state index is 12.9. The van der Waals surface area contributed by atoms with Crippen LogP contribution >= 0.6 is 0 Å². The predicted molar refractivity (Wildman–Crippen MR) is 59.4 cm³/mol. The van der Waals surface area contributed by atoms with Gasteiger partial charge >= 0.3 is 6.18 Å². The molecule has 0 radical (unpaired) electrons. The Kier molecular flexibility index (Phi) is 5.10. The van der Waals surface area contributed by atoms with Crippen molar-refractivity contribution in [3.63, 3.8) is 0 Å². The van der Waals surface area contributed by atoms with E-state index in [2.05, 4.69) is 0 Å². The van der Waals surface area contributed by atoms with E-state index in [1.165, 1.54) is 0 Å². The van der Waals surface area contributed by atoms with Crippen LogP contribution in [0, 0.1) is 5.82 Å². The Balaban J connectivity index is 3.01. The Morgan fingerprint density at radius 2 is 1.94 bits per heavy atom. The first-order valence-corrected chi connectivity index (χ1v) is 5.57. The Morgan fingerprint density at radius 1 is 1.28 bits per heavy atom. The van der Waals surface area contributed by atoms with Crippen LogP contribution < -0.4 is 0 Å². The third-order valence-corrected chi connectivity index (χ3v) is 2.63. The highest BCUT2D eigenvalue weighted by Crippen LogP contribution is 2.33. The van der Waals surface area contributed by atoms with Crippen molar-refractivity contribution in [2.75, 3.05) is 19.7 Å². The summed E-state index contributed by atoms with van der Waals surface area (Å²) in [6, 6.07) is 2.65. The van der Waals surface area contributed by atoms with Crippen LogP contribution in [0.3, 0.4) is 0 Å². The van der Waals surface area contributed by atoms with Gasteiger partial charge in [-0.2, -0.15) is 13.2 Å². The zero-order valence-corrected chi connectivity index (χ0v) is 9.97. The summed E-state index contributed by atoms with van der Waals surface area (Å²) in [5.74, 6) is -0.906. The fourth-order valence-corrected chi connectivity index (χ4v) is 1.68. The molecule has 0 spiro atoms. The van der Waals surface area contributed by atoms with Gasteiger partial charge in [0.15, 0.2) is 0 Å². The summed E-state index contributed by atoms with van der Waals surface area (Å²) in [7, 11) is 0. The number of halogens is 4. The molecule has 1 aromatic rings. The van der Waals surface area contributed by atoms with Crippen LogP contribution in [0.1, 0.15) is 18.1 Å². The average Bonchev–Trinajstić information content (AvgIpc) is 2.29. The maximum Gasteiger partial charge on any atom is 0.416 e. The largest absolute Gasteiger partial charge is 0.416 e. The number of hydrogen-bond donors (Lipinski definition) is 1. The van der Waals surface area contributed by atoms with Crippen molar-refractivity contribution in [1.82, 2.24) is 4.90 Å². The first-order valence-electron chi connectivity index (χ1n) is 5.57. The van der Waals surface area contributed by atoms with E-state index in [0.29, 0.717) is 12.6 Å². The number of aliphatic hydroxyl groups is 1. The molecular formula is C12H15F4NO. The van der Waals surface area contributed by atoms with Gasteiger partial charge in [0.05, 0.1) is 12.2 Å². The van der Waals surface area contributed by atoms with Crippen LogP contribution in [0.5, 0.6) is 0 Å². The SMILES string of the molecule is CCN(CCO)Cc1ccc(F)cc1C(F)(F)F. The molecule has 0 aliphatic heterocycles. The molecule has 102 valence electrons. The number of aliphatic hydroxyl groups excluding tert-OH is 1. The third-order valence-electron chi connectivity index (χ3n) is 2.63. The van der Waals surface area contributed by atoms with Crippen LogP contribution in [0.4, 0.5) is 17.6 Å². The number of rotatable bonds is 5. The highest BCUT2D eigenvalue weighted by molar-refractivity contribution is 5.30. The molecule has 6 heteroatoms. The van der Waals surface area contributed by atoms with E-state index in [9.17, 15) is 17.6 Å². The highest BCUT2D eigenvalue weighted by Gasteiger charge is 2.33. The van der Waals surface area contributed by atoms with Gasteiger partial charge in [0.2, 0.25) is 0 Å². The minimum atomic E-state index is -4.57. The minimum absolute atomic E-state index is 0.0131. The van der Waals surface area contributed by atoms with Crippen molar-refractivity contribution in [1.29, 1.82) is 0 Å². The lowest BCUT2D eigenvalue weighted by Gasteiger charge is -2.21. The molecule has 0 aliphatic carbocycles. The molecule has 1 N–H and O–H groups in total. The van der Waals surface area contributed by atoms with Gasteiger partial charge < -0.3 is 5.11 Å². The molecule has 0 saturated heterocycles. The van der Waals surface area contributed by atoms with Gasteiger partial charge in [-0.1, -0.05) is 13.0 Å². The third kappa shape index (κ3) is 3.96. The summed E-state index contributed by atoms with van der Waals surface area (Å²) in [6.45, 7) is 2.48. The van der Waals surface area contributed by atoms with Crippen LogP contribution in [0.25, 0.3) is 0 Å². The summed E-state index contributed by atoms with van der Waals surface area (Å²) < 4.78 is 51.1. The normalized spacial score (nSPS) is 12.2. The van der Waals surface area contributed by atoms with Crippen molar-refractivity contribution in [2.45, 2.75) is 19.6 Å². The smallest absolute Gasteiger partial charge is 0.395 e. The topological polar surface area (TPSA) is 23.5 Å². The van der Waals surface area contributed by atoms with E-state index in [4.69, 9.17) is 5.11 Å². The van der Waals surface area contributed by atoms with Gasteiger partial charge in [-0.05, 0) is 24.2 Å². The fourth-order valence-electron chi connectivity index (χ4n) is 1.68. The Hall–Kier alpha value is -1.14. The molecule has 0 unspecified atom stereocenters. The van der Waals surface area contributed by atoms with E-state index in [1.807, 2.05) is 0 Å². The zero-order valence-electron chi connectivity index (χ0n) is 9.97. The minimum Gasteiger partial charge on any atom is -0.395 e. The van der Waals surface area contributed by atoms with Gasteiger partial charge in [0.25, 0.3) is 0 Å². The molecule has 2 nitrogen and oxygen atoms in total. The van der Waals surface area contributed by atoms with E-state index >= 15 is 0 Å². The van der Waals surface area contributed by atoms with Gasteiger partial charge in [0.1, 0.15) is 5.82 Å². The standard InChI is InChI=1S/C12H15F4NO/c1-2-17(5-6-18)8-9-3-4-10(13)7-11(9)12(14,15)16/h3-4,7,18H,2,5-6,8H2,1H3. The van der Waals surface area contributed by atoms with Crippen molar-refractivity contribution in [3.05, 3.63) is 35.1 Å². The van der Waals surface area contributed by atoms with Crippen LogP contribution in [0.15, 0.2) is 18.2 Å². The lowest BCUT2D eigenvalue weighted by atomic mass is 10.1. The van der Waals surface area contributed by atoms with Crippen LogP contribution in [0.2, 0.25) is 0 Å². The molecular weight excluding hydrogens is 250 g/mol. The average molecular weight is 265 g/mol. The summed E-state index contributed by atoms with van der Waals surface area (Å²) >= 11 is 0. The second-order valence-electron chi connectivity index (χ2n) is 3.89. The van der Waals surface area contributed by atoms with Crippen LogP contribution in [-0.4, -0.2) is 29.7 Å². The molecule has 0 aromatic heterocycles. The number of benzene rings is 1. The summed E-state index contributed by atoms with van der Waals surface area (Å²) in [4.78, 5) is 1.66. The van der Waals surface area contributed by atoms with E-state index in [0.717, 1.165) is 12.1 Å². The molecule has 0 amide bonds. The molecule has 0 fully saturated rings. The molecule has 1 aromatic carbocycles. The number of alkyl halides is 3. The lowest BCUT2D eigenvalue weighted by Crippen LogP contribution is -2.27. The lowest BCUT2D eigenvalue weighted by molar-refractivity contribution is -0.138. The first-order chi connectivity index (χ1) is 8.38. The molecule has 0 bridgehead atoms. The van der Waals surface area contributed by atoms with E-state index < -0.39 is 17.6 Å². The van der Waals surface area contributed by atoms with Gasteiger partial charge in [-0.15, -0.1) is 0 Å². The molecule has 0 atom stereocenters. The second-order valence-corrected chi connectivity index (χ2v) is 3.89. The quantitative estimate of drug-likeness (QED) is 0.827. The van der Waals surface area contributed by atoms with Crippen molar-refractivity contribution >= 4 is 0 Å². The Morgan fingerprint density at radius 3 is 2.44 bits per heavy atom. The summed E-state index contributed by atoms with van der Waals surface area (Å²) in [5.41, 5.74) is -0.946. The number of hydrogen-bond acceptors (Lipinski definition) is 2. The zero-order chi connectivity index (χ0) is 13.8. The van der Waals surface area contributed by atoms with Crippen molar-refractivity contribution in [3.8, 4) is 0 Å². The van der Waals surface area contributed by atoms with E-state index in [1.54, 1.807) is 11.8 Å². The van der Waals surface area contributed by atoms with Gasteiger partial charge in [0, 0.05) is 13.1 Å². The van der Waals surface area contributed by atoms with Crippen molar-refractivity contribution in [2.24, 2.45) is 0 Å². The molecule has 18 heavy (non-hydrogen) atoms. The summed E-state index contributed by atoms with van der Waals surface area (Å²) in [5, 5.41) is 8.80. The maximum atomic E-state index is 12.9. The van der Waals surface area contributed by atoms with Crippen LogP contribution in [-0.2, 0) is 12.7 Å². The Bertz CT molecular complexity index is 392. The highest BCUT2D eigenvalue weighted by atomic mass is 19.4. The van der Waals surface area contributed by atoms with Gasteiger partial charge in [-0.3, -0.25) is 4.90 Å². The monoisotopic (exact) mass is 265 g/mol. The first kappa shape index (κ1) is 14.9. The predicted octanol–water partition coefficient (Wildman–Crippen LogP) is 2.66. The molecule has 0 heterocycles. The fraction of sp³-hybridized carbons (Fsp3) is 0.500. The molecule has 1 rings (SSSR count). The Labute approximate surface area is 103 Å². The second kappa shape index (κ2) is 6.15. The molecule has 0 saturated carbocycles.